The van der Waals surface area contributed by atoms with Gasteiger partial charge in [0.1, 0.15) is 17.3 Å². The van der Waals surface area contributed by atoms with Gasteiger partial charge >= 0.3 is 0 Å². The Morgan fingerprint density at radius 2 is 2.24 bits per heavy atom. The van der Waals surface area contributed by atoms with Crippen molar-refractivity contribution in [1.29, 1.82) is 0 Å². The van der Waals surface area contributed by atoms with Gasteiger partial charge in [-0.2, -0.15) is 4.37 Å². The fraction of sp³-hybridized carbons (Fsp3) is 0.500. The summed E-state index contributed by atoms with van der Waals surface area (Å²) in [5, 5.41) is 4.22. The summed E-state index contributed by atoms with van der Waals surface area (Å²) in [5.41, 5.74) is 1.18. The van der Waals surface area contributed by atoms with Crippen LogP contribution in [0.15, 0.2) is 10.5 Å². The molecule has 2 rings (SSSR count). The topological polar surface area (TPSA) is 51.0 Å². The number of anilines is 1. The summed E-state index contributed by atoms with van der Waals surface area (Å²) >= 11 is 1.41. The monoisotopic (exact) mass is 251 g/mol. The Balaban J connectivity index is 2.11. The maximum Gasteiger partial charge on any atom is 0.203 e. The molecule has 1 atom stereocenters. The van der Waals surface area contributed by atoms with Crippen LogP contribution in [0, 0.1) is 13.8 Å². The van der Waals surface area contributed by atoms with Crippen LogP contribution >= 0.6 is 11.5 Å². The van der Waals surface area contributed by atoms with E-state index < -0.39 is 0 Å². The molecule has 1 unspecified atom stereocenters. The molecule has 0 saturated carbocycles. The number of hydrogen-bond acceptors (Lipinski definition) is 5. The second kappa shape index (κ2) is 4.87. The van der Waals surface area contributed by atoms with Crippen molar-refractivity contribution in [3.05, 3.63) is 29.0 Å². The molecule has 0 aliphatic heterocycles. The third-order valence-electron chi connectivity index (χ3n) is 2.67. The van der Waals surface area contributed by atoms with Gasteiger partial charge in [-0.05, 0) is 26.8 Å². The molecule has 0 saturated heterocycles. The van der Waals surface area contributed by atoms with Gasteiger partial charge in [0.2, 0.25) is 5.13 Å². The van der Waals surface area contributed by atoms with E-state index in [4.69, 9.17) is 4.42 Å². The Labute approximate surface area is 105 Å². The van der Waals surface area contributed by atoms with Crippen molar-refractivity contribution < 1.29 is 4.42 Å². The minimum Gasteiger partial charge on any atom is -0.466 e. The Hall–Kier alpha value is -1.36. The van der Waals surface area contributed by atoms with Gasteiger partial charge in [-0.25, -0.2) is 4.98 Å². The lowest BCUT2D eigenvalue weighted by Gasteiger charge is -2.11. The lowest BCUT2D eigenvalue weighted by molar-refractivity contribution is 0.500. The van der Waals surface area contributed by atoms with Crippen molar-refractivity contribution in [2.75, 3.05) is 5.32 Å². The molecule has 2 heterocycles. The number of rotatable bonds is 4. The number of aryl methyl sites for hydroxylation is 3. The van der Waals surface area contributed by atoms with Crippen molar-refractivity contribution in [2.45, 2.75) is 40.2 Å². The van der Waals surface area contributed by atoms with Crippen LogP contribution in [0.2, 0.25) is 0 Å². The maximum absolute atomic E-state index is 5.53. The second-order valence-corrected chi connectivity index (χ2v) is 4.86. The van der Waals surface area contributed by atoms with E-state index in [9.17, 15) is 0 Å². The van der Waals surface area contributed by atoms with Crippen molar-refractivity contribution in [2.24, 2.45) is 0 Å². The zero-order chi connectivity index (χ0) is 12.4. The summed E-state index contributed by atoms with van der Waals surface area (Å²) in [7, 11) is 0. The van der Waals surface area contributed by atoms with Gasteiger partial charge in [0.15, 0.2) is 0 Å². The molecule has 4 nitrogen and oxygen atoms in total. The quantitative estimate of drug-likeness (QED) is 0.903. The molecule has 5 heteroatoms. The number of nitrogens with one attached hydrogen (secondary N) is 1. The van der Waals surface area contributed by atoms with E-state index >= 15 is 0 Å². The highest BCUT2D eigenvalue weighted by molar-refractivity contribution is 7.09. The number of aromatic nitrogens is 2. The van der Waals surface area contributed by atoms with Crippen LogP contribution in [-0.2, 0) is 6.42 Å². The summed E-state index contributed by atoms with van der Waals surface area (Å²) in [6.45, 7) is 8.10. The van der Waals surface area contributed by atoms with Gasteiger partial charge in [0.25, 0.3) is 0 Å². The van der Waals surface area contributed by atoms with E-state index in [0.29, 0.717) is 0 Å². The molecule has 0 amide bonds. The van der Waals surface area contributed by atoms with Crippen LogP contribution in [0.25, 0.3) is 0 Å². The molecule has 2 aromatic rings. The number of hydrogen-bond donors (Lipinski definition) is 1. The maximum atomic E-state index is 5.53. The molecule has 1 N–H and O–H groups in total. The van der Waals surface area contributed by atoms with E-state index in [2.05, 4.69) is 34.6 Å². The number of nitrogens with zero attached hydrogens (tertiary/aromatic N) is 2. The third-order valence-corrected chi connectivity index (χ3v) is 3.35. The predicted molar refractivity (Wildman–Crippen MR) is 69.5 cm³/mol. The van der Waals surface area contributed by atoms with E-state index in [1.807, 2.05) is 13.8 Å². The van der Waals surface area contributed by atoms with Crippen LogP contribution in [-0.4, -0.2) is 9.36 Å². The molecule has 0 spiro atoms. The second-order valence-electron chi connectivity index (χ2n) is 4.10. The SMILES string of the molecule is CCc1nsc(NC(C)c2cc(C)oc2C)n1. The normalized spacial score (nSPS) is 12.7. The largest absolute Gasteiger partial charge is 0.466 e. The van der Waals surface area contributed by atoms with Crippen molar-refractivity contribution in [1.82, 2.24) is 9.36 Å². The minimum absolute atomic E-state index is 0.185. The molecule has 17 heavy (non-hydrogen) atoms. The Bertz CT molecular complexity index is 504. The van der Waals surface area contributed by atoms with E-state index in [-0.39, 0.29) is 6.04 Å². The minimum atomic E-state index is 0.185. The van der Waals surface area contributed by atoms with Gasteiger partial charge in [-0.15, -0.1) is 0 Å². The number of furan rings is 1. The standard InChI is InChI=1S/C12H17N3OS/c1-5-11-14-12(17-15-11)13-8(3)10-6-7(2)16-9(10)4/h6,8H,5H2,1-4H3,(H,13,14,15). The first-order valence-corrected chi connectivity index (χ1v) is 6.53. The van der Waals surface area contributed by atoms with E-state index in [1.54, 1.807) is 0 Å². The molecule has 92 valence electrons. The predicted octanol–water partition coefficient (Wildman–Crippen LogP) is 3.48. The molecular weight excluding hydrogens is 234 g/mol. The molecule has 2 aromatic heterocycles. The van der Waals surface area contributed by atoms with Gasteiger partial charge in [0.05, 0.1) is 6.04 Å². The summed E-state index contributed by atoms with van der Waals surface area (Å²) < 4.78 is 9.78. The first kappa shape index (κ1) is 12.1. The average molecular weight is 251 g/mol. The highest BCUT2D eigenvalue weighted by Gasteiger charge is 2.14. The zero-order valence-corrected chi connectivity index (χ0v) is 11.4. The molecule has 0 aliphatic carbocycles. The summed E-state index contributed by atoms with van der Waals surface area (Å²) in [5.74, 6) is 2.80. The van der Waals surface area contributed by atoms with Crippen LogP contribution < -0.4 is 5.32 Å². The molecular formula is C12H17N3OS. The molecule has 0 radical (unpaired) electrons. The van der Waals surface area contributed by atoms with Crippen molar-refractivity contribution in [3.63, 3.8) is 0 Å². The Morgan fingerprint density at radius 1 is 1.47 bits per heavy atom. The lowest BCUT2D eigenvalue weighted by atomic mass is 10.1. The fourth-order valence-corrected chi connectivity index (χ4v) is 2.54. The Kier molecular flexibility index (Phi) is 3.47. The third kappa shape index (κ3) is 2.66. The lowest BCUT2D eigenvalue weighted by Crippen LogP contribution is -2.06. The summed E-state index contributed by atoms with van der Waals surface area (Å²) in [6, 6.07) is 2.25. The van der Waals surface area contributed by atoms with Crippen LogP contribution in [0.3, 0.4) is 0 Å². The fourth-order valence-electron chi connectivity index (χ4n) is 1.80. The van der Waals surface area contributed by atoms with E-state index in [0.717, 1.165) is 28.9 Å². The highest BCUT2D eigenvalue weighted by Crippen LogP contribution is 2.25. The summed E-state index contributed by atoms with van der Waals surface area (Å²) in [6.07, 6.45) is 0.871. The van der Waals surface area contributed by atoms with E-state index in [1.165, 1.54) is 17.1 Å². The highest BCUT2D eigenvalue weighted by atomic mass is 32.1. The van der Waals surface area contributed by atoms with Crippen LogP contribution in [0.4, 0.5) is 5.13 Å². The van der Waals surface area contributed by atoms with Crippen LogP contribution in [0.1, 0.15) is 42.8 Å². The van der Waals surface area contributed by atoms with Gasteiger partial charge in [-0.1, -0.05) is 6.92 Å². The summed E-state index contributed by atoms with van der Waals surface area (Å²) in [4.78, 5) is 4.40. The molecule has 0 aromatic carbocycles. The molecule has 0 bridgehead atoms. The van der Waals surface area contributed by atoms with Crippen molar-refractivity contribution >= 4 is 16.7 Å². The average Bonchev–Trinajstić information content (AvgIpc) is 2.85. The molecule has 0 fully saturated rings. The van der Waals surface area contributed by atoms with Gasteiger partial charge in [0, 0.05) is 23.5 Å². The first-order valence-electron chi connectivity index (χ1n) is 5.76. The first-order chi connectivity index (χ1) is 8.10. The van der Waals surface area contributed by atoms with Crippen molar-refractivity contribution in [3.8, 4) is 0 Å². The Morgan fingerprint density at radius 3 is 2.76 bits per heavy atom. The zero-order valence-electron chi connectivity index (χ0n) is 10.6. The van der Waals surface area contributed by atoms with Crippen LogP contribution in [0.5, 0.6) is 0 Å². The molecule has 0 aliphatic rings. The van der Waals surface area contributed by atoms with Gasteiger partial charge < -0.3 is 9.73 Å². The van der Waals surface area contributed by atoms with Gasteiger partial charge in [-0.3, -0.25) is 0 Å². The smallest absolute Gasteiger partial charge is 0.203 e.